The summed E-state index contributed by atoms with van der Waals surface area (Å²) < 4.78 is 0. The van der Waals surface area contributed by atoms with Crippen molar-refractivity contribution in [3.05, 3.63) is 0 Å². The molecule has 1 atom stereocenters. The predicted molar refractivity (Wildman–Crippen MR) is 68.3 cm³/mol. The van der Waals surface area contributed by atoms with Gasteiger partial charge in [0.15, 0.2) is 0 Å². The second kappa shape index (κ2) is 7.73. The number of carbonyl (C=O) groups is 3. The summed E-state index contributed by atoms with van der Waals surface area (Å²) in [6.07, 6.45) is 3.27. The van der Waals surface area contributed by atoms with Crippen LogP contribution in [0.15, 0.2) is 0 Å². The second-order valence-corrected chi connectivity index (χ2v) is 4.65. The zero-order valence-electron chi connectivity index (χ0n) is 10.9. The standard InChI is InChI=1S/C12H21N3O4/c13-7-10(16)14-8-11(17)15-6-2-1-3-9(15)4-5-12(18)19/h9H,1-8,13H2,(H,14,16)(H,18,19). The Bertz CT molecular complexity index is 346. The number of amides is 2. The number of likely N-dealkylation sites (tertiary alicyclic amines) is 1. The number of aliphatic carboxylic acids is 1. The van der Waals surface area contributed by atoms with Crippen molar-refractivity contribution in [3.8, 4) is 0 Å². The van der Waals surface area contributed by atoms with Crippen molar-refractivity contribution in [2.45, 2.75) is 38.1 Å². The van der Waals surface area contributed by atoms with E-state index in [1.54, 1.807) is 4.90 Å². The molecule has 1 unspecified atom stereocenters. The quantitative estimate of drug-likeness (QED) is 0.591. The third-order valence-electron chi connectivity index (χ3n) is 3.26. The van der Waals surface area contributed by atoms with Crippen LogP contribution in [0, 0.1) is 0 Å². The van der Waals surface area contributed by atoms with Crippen LogP contribution in [0.25, 0.3) is 0 Å². The zero-order chi connectivity index (χ0) is 14.3. The minimum atomic E-state index is -0.852. The van der Waals surface area contributed by atoms with E-state index in [0.717, 1.165) is 19.3 Å². The molecule has 1 aliphatic rings. The summed E-state index contributed by atoms with van der Waals surface area (Å²) in [6.45, 7) is 0.414. The van der Waals surface area contributed by atoms with Gasteiger partial charge in [-0.3, -0.25) is 14.4 Å². The normalized spacial score (nSPS) is 19.0. The summed E-state index contributed by atoms with van der Waals surface area (Å²) in [4.78, 5) is 35.3. The fraction of sp³-hybridized carbons (Fsp3) is 0.750. The first-order valence-corrected chi connectivity index (χ1v) is 6.52. The van der Waals surface area contributed by atoms with Gasteiger partial charge in [-0.2, -0.15) is 0 Å². The van der Waals surface area contributed by atoms with Gasteiger partial charge in [0.25, 0.3) is 0 Å². The van der Waals surface area contributed by atoms with Crippen LogP contribution in [0.1, 0.15) is 32.1 Å². The topological polar surface area (TPSA) is 113 Å². The van der Waals surface area contributed by atoms with Crippen molar-refractivity contribution in [1.29, 1.82) is 0 Å². The Hall–Kier alpha value is -1.63. The molecule has 0 bridgehead atoms. The average Bonchev–Trinajstić information content (AvgIpc) is 2.42. The van der Waals surface area contributed by atoms with Gasteiger partial charge < -0.3 is 21.1 Å². The largest absolute Gasteiger partial charge is 0.481 e. The summed E-state index contributed by atoms with van der Waals surface area (Å²) in [6, 6.07) is -0.0351. The Morgan fingerprint density at radius 2 is 2.05 bits per heavy atom. The molecule has 1 fully saturated rings. The van der Waals surface area contributed by atoms with Crippen LogP contribution in [-0.4, -0.2) is 53.5 Å². The number of hydrogen-bond donors (Lipinski definition) is 3. The molecule has 0 saturated carbocycles. The van der Waals surface area contributed by atoms with Crippen molar-refractivity contribution in [1.82, 2.24) is 10.2 Å². The highest BCUT2D eigenvalue weighted by atomic mass is 16.4. The molecule has 1 aliphatic heterocycles. The molecule has 0 radical (unpaired) electrons. The van der Waals surface area contributed by atoms with Gasteiger partial charge in [0, 0.05) is 19.0 Å². The molecule has 0 spiro atoms. The first-order chi connectivity index (χ1) is 9.04. The Balaban J connectivity index is 2.48. The molecule has 4 N–H and O–H groups in total. The number of carboxylic acids is 1. The first kappa shape index (κ1) is 15.4. The maximum atomic E-state index is 12.0. The monoisotopic (exact) mass is 271 g/mol. The summed E-state index contributed by atoms with van der Waals surface area (Å²) in [5.41, 5.74) is 5.14. The molecule has 7 nitrogen and oxygen atoms in total. The number of piperidine rings is 1. The van der Waals surface area contributed by atoms with Crippen LogP contribution < -0.4 is 11.1 Å². The fourth-order valence-corrected chi connectivity index (χ4v) is 2.27. The fourth-order valence-electron chi connectivity index (χ4n) is 2.27. The molecule has 0 aromatic rings. The number of rotatable bonds is 6. The van der Waals surface area contributed by atoms with Gasteiger partial charge in [-0.1, -0.05) is 0 Å². The SMILES string of the molecule is NCC(=O)NCC(=O)N1CCCCC1CCC(=O)O. The molecule has 0 aromatic heterocycles. The van der Waals surface area contributed by atoms with E-state index in [1.807, 2.05) is 0 Å². The lowest BCUT2D eigenvalue weighted by molar-refractivity contribution is -0.140. The summed E-state index contributed by atoms with van der Waals surface area (Å²) in [7, 11) is 0. The highest BCUT2D eigenvalue weighted by molar-refractivity contribution is 5.85. The lowest BCUT2D eigenvalue weighted by Gasteiger charge is -2.35. The van der Waals surface area contributed by atoms with Crippen molar-refractivity contribution in [2.75, 3.05) is 19.6 Å². The second-order valence-electron chi connectivity index (χ2n) is 4.65. The zero-order valence-corrected chi connectivity index (χ0v) is 10.9. The smallest absolute Gasteiger partial charge is 0.303 e. The van der Waals surface area contributed by atoms with E-state index in [0.29, 0.717) is 13.0 Å². The lowest BCUT2D eigenvalue weighted by Crippen LogP contribution is -2.48. The Morgan fingerprint density at radius 1 is 1.32 bits per heavy atom. The van der Waals surface area contributed by atoms with Gasteiger partial charge in [-0.15, -0.1) is 0 Å². The Morgan fingerprint density at radius 3 is 2.68 bits per heavy atom. The minimum absolute atomic E-state index is 0.0351. The molecule has 1 rings (SSSR count). The third-order valence-corrected chi connectivity index (χ3v) is 3.26. The van der Waals surface area contributed by atoms with E-state index in [2.05, 4.69) is 5.32 Å². The Kier molecular flexibility index (Phi) is 6.27. The molecule has 1 heterocycles. The van der Waals surface area contributed by atoms with Crippen molar-refractivity contribution >= 4 is 17.8 Å². The summed E-state index contributed by atoms with van der Waals surface area (Å²) in [5, 5.41) is 11.1. The maximum absolute atomic E-state index is 12.0. The number of nitrogens with zero attached hydrogens (tertiary/aromatic N) is 1. The number of nitrogens with one attached hydrogen (secondary N) is 1. The molecular formula is C12H21N3O4. The van der Waals surface area contributed by atoms with Crippen molar-refractivity contribution in [2.24, 2.45) is 5.73 Å². The Labute approximate surface area is 112 Å². The van der Waals surface area contributed by atoms with Crippen LogP contribution in [0.5, 0.6) is 0 Å². The van der Waals surface area contributed by atoms with Crippen LogP contribution in [-0.2, 0) is 14.4 Å². The highest BCUT2D eigenvalue weighted by Gasteiger charge is 2.26. The molecule has 0 aliphatic carbocycles. The number of nitrogens with two attached hydrogens (primary N) is 1. The van der Waals surface area contributed by atoms with Gasteiger partial charge >= 0.3 is 5.97 Å². The summed E-state index contributed by atoms with van der Waals surface area (Å²) in [5.74, 6) is -1.39. The minimum Gasteiger partial charge on any atom is -0.481 e. The average molecular weight is 271 g/mol. The molecule has 108 valence electrons. The molecule has 2 amide bonds. The predicted octanol–water partition coefficient (Wildman–Crippen LogP) is -0.693. The van der Waals surface area contributed by atoms with Crippen molar-refractivity contribution in [3.63, 3.8) is 0 Å². The number of carboxylic acid groups (broad SMARTS) is 1. The maximum Gasteiger partial charge on any atom is 0.303 e. The van der Waals surface area contributed by atoms with E-state index in [1.165, 1.54) is 0 Å². The van der Waals surface area contributed by atoms with Crippen LogP contribution in [0.4, 0.5) is 0 Å². The van der Waals surface area contributed by atoms with Gasteiger partial charge in [0.2, 0.25) is 11.8 Å². The van der Waals surface area contributed by atoms with E-state index >= 15 is 0 Å². The number of carbonyl (C=O) groups excluding carboxylic acids is 2. The van der Waals surface area contributed by atoms with E-state index < -0.39 is 5.97 Å². The van der Waals surface area contributed by atoms with Gasteiger partial charge in [-0.05, 0) is 25.7 Å². The molecular weight excluding hydrogens is 250 g/mol. The van der Waals surface area contributed by atoms with Crippen LogP contribution in [0.2, 0.25) is 0 Å². The van der Waals surface area contributed by atoms with E-state index in [4.69, 9.17) is 10.8 Å². The lowest BCUT2D eigenvalue weighted by atomic mass is 9.98. The molecule has 1 saturated heterocycles. The molecule has 19 heavy (non-hydrogen) atoms. The molecule has 7 heteroatoms. The van der Waals surface area contributed by atoms with Gasteiger partial charge in [0.1, 0.15) is 0 Å². The molecule has 0 aromatic carbocycles. The van der Waals surface area contributed by atoms with Crippen LogP contribution >= 0.6 is 0 Å². The first-order valence-electron chi connectivity index (χ1n) is 6.52. The van der Waals surface area contributed by atoms with Gasteiger partial charge in [-0.25, -0.2) is 0 Å². The van der Waals surface area contributed by atoms with Gasteiger partial charge in [0.05, 0.1) is 13.1 Å². The number of hydrogen-bond acceptors (Lipinski definition) is 4. The highest BCUT2D eigenvalue weighted by Crippen LogP contribution is 2.20. The summed E-state index contributed by atoms with van der Waals surface area (Å²) >= 11 is 0. The third kappa shape index (κ3) is 5.25. The van der Waals surface area contributed by atoms with E-state index in [9.17, 15) is 14.4 Å². The van der Waals surface area contributed by atoms with E-state index in [-0.39, 0.29) is 37.4 Å². The van der Waals surface area contributed by atoms with Crippen LogP contribution in [0.3, 0.4) is 0 Å². The van der Waals surface area contributed by atoms with Crippen molar-refractivity contribution < 1.29 is 19.5 Å².